The quantitative estimate of drug-likeness (QED) is 0.614. The topological polar surface area (TPSA) is 80.5 Å². The monoisotopic (exact) mass is 297 g/mol. The zero-order valence-corrected chi connectivity index (χ0v) is 11.4. The lowest BCUT2D eigenvalue weighted by Gasteiger charge is -2.00. The molecule has 2 heterocycles. The molecule has 4 rings (SSSR count). The molecule has 0 aliphatic carbocycles. The number of rotatable bonds is 2. The number of fused-ring (bicyclic) bond motifs is 1. The second-order valence-electron chi connectivity index (χ2n) is 4.46. The van der Waals surface area contributed by atoms with Crippen LogP contribution in [-0.2, 0) is 0 Å². The normalized spacial score (nSPS) is 11.1. The van der Waals surface area contributed by atoms with Gasteiger partial charge in [-0.25, -0.2) is 0 Å². The number of hydrogen-bond donors (Lipinski definition) is 1. The molecule has 0 saturated heterocycles. The van der Waals surface area contributed by atoms with Crippen LogP contribution in [-0.4, -0.2) is 25.8 Å². The Morgan fingerprint density at radius 2 is 2.00 bits per heavy atom. The first-order valence-corrected chi connectivity index (χ1v) is 6.59. The van der Waals surface area contributed by atoms with E-state index in [0.717, 1.165) is 22.0 Å². The Hall–Kier alpha value is -2.73. The van der Waals surface area contributed by atoms with E-state index in [1.165, 1.54) is 0 Å². The summed E-state index contributed by atoms with van der Waals surface area (Å²) in [5.74, 6) is 1.14. The molecule has 0 spiro atoms. The van der Waals surface area contributed by atoms with E-state index in [1.807, 2.05) is 42.5 Å². The van der Waals surface area contributed by atoms with Gasteiger partial charge in [-0.1, -0.05) is 28.9 Å². The van der Waals surface area contributed by atoms with Gasteiger partial charge in [0.2, 0.25) is 5.82 Å². The van der Waals surface area contributed by atoms with Crippen LogP contribution in [0, 0.1) is 0 Å². The Bertz CT molecular complexity index is 916. The van der Waals surface area contributed by atoms with Crippen molar-refractivity contribution in [3.63, 3.8) is 0 Å². The standard InChI is InChI=1S/C14H8ClN5O/c15-11-4-2-1-3-9(11)13-10-7-8(14-16-19-20-17-14)5-6-12(10)18-21-13/h1-7H,(H,16,17,19,20). The maximum Gasteiger partial charge on any atom is 0.204 e. The summed E-state index contributed by atoms with van der Waals surface area (Å²) in [6.07, 6.45) is 0. The highest BCUT2D eigenvalue weighted by Crippen LogP contribution is 2.34. The van der Waals surface area contributed by atoms with Crippen LogP contribution in [0.5, 0.6) is 0 Å². The second kappa shape index (κ2) is 4.68. The van der Waals surface area contributed by atoms with Crippen LogP contribution in [0.2, 0.25) is 5.02 Å². The lowest BCUT2D eigenvalue weighted by Crippen LogP contribution is -1.82. The molecule has 21 heavy (non-hydrogen) atoms. The molecule has 0 amide bonds. The molecule has 0 atom stereocenters. The minimum Gasteiger partial charge on any atom is -0.355 e. The summed E-state index contributed by atoms with van der Waals surface area (Å²) in [5.41, 5.74) is 2.37. The Balaban J connectivity index is 1.95. The number of hydrogen-bond acceptors (Lipinski definition) is 5. The molecular weight excluding hydrogens is 290 g/mol. The molecule has 0 saturated carbocycles. The lowest BCUT2D eigenvalue weighted by molar-refractivity contribution is 0.441. The minimum atomic E-state index is 0.517. The van der Waals surface area contributed by atoms with Crippen LogP contribution in [0.4, 0.5) is 0 Å². The number of H-pyrrole nitrogens is 1. The maximum atomic E-state index is 6.23. The number of tetrazole rings is 1. The lowest BCUT2D eigenvalue weighted by atomic mass is 10.1. The molecule has 0 fully saturated rings. The van der Waals surface area contributed by atoms with Crippen molar-refractivity contribution in [1.82, 2.24) is 25.8 Å². The van der Waals surface area contributed by atoms with Crippen molar-refractivity contribution in [2.45, 2.75) is 0 Å². The van der Waals surface area contributed by atoms with Crippen LogP contribution in [0.1, 0.15) is 0 Å². The van der Waals surface area contributed by atoms with Crippen molar-refractivity contribution in [2.24, 2.45) is 0 Å². The number of halogens is 1. The smallest absolute Gasteiger partial charge is 0.204 e. The van der Waals surface area contributed by atoms with Gasteiger partial charge in [-0.3, -0.25) is 0 Å². The zero-order valence-electron chi connectivity index (χ0n) is 10.6. The van der Waals surface area contributed by atoms with Gasteiger partial charge in [0.1, 0.15) is 5.52 Å². The summed E-state index contributed by atoms with van der Waals surface area (Å²) in [6, 6.07) is 13.1. The molecule has 6 nitrogen and oxygen atoms in total. The van der Waals surface area contributed by atoms with Gasteiger partial charge in [0.25, 0.3) is 0 Å². The van der Waals surface area contributed by atoms with Gasteiger partial charge in [-0.2, -0.15) is 5.21 Å². The van der Waals surface area contributed by atoms with E-state index in [1.54, 1.807) is 0 Å². The van der Waals surface area contributed by atoms with E-state index in [0.29, 0.717) is 16.6 Å². The molecule has 0 bridgehead atoms. The summed E-state index contributed by atoms with van der Waals surface area (Å²) >= 11 is 6.23. The third-order valence-electron chi connectivity index (χ3n) is 3.20. The van der Waals surface area contributed by atoms with Gasteiger partial charge in [-0.15, -0.1) is 10.2 Å². The van der Waals surface area contributed by atoms with E-state index in [4.69, 9.17) is 16.1 Å². The van der Waals surface area contributed by atoms with Gasteiger partial charge in [-0.05, 0) is 35.5 Å². The van der Waals surface area contributed by atoms with Gasteiger partial charge in [0.15, 0.2) is 5.76 Å². The predicted octanol–water partition coefficient (Wildman–Crippen LogP) is 3.33. The van der Waals surface area contributed by atoms with Crippen molar-refractivity contribution in [3.8, 4) is 22.7 Å². The van der Waals surface area contributed by atoms with E-state index >= 15 is 0 Å². The molecule has 2 aromatic carbocycles. The summed E-state index contributed by atoms with van der Waals surface area (Å²) < 4.78 is 5.46. The fraction of sp³-hybridized carbons (Fsp3) is 0. The molecule has 7 heteroatoms. The van der Waals surface area contributed by atoms with Crippen LogP contribution in [0.3, 0.4) is 0 Å². The first-order valence-electron chi connectivity index (χ1n) is 6.21. The largest absolute Gasteiger partial charge is 0.355 e. The Kier molecular flexibility index (Phi) is 2.68. The van der Waals surface area contributed by atoms with Gasteiger partial charge >= 0.3 is 0 Å². The molecule has 4 aromatic rings. The fourth-order valence-electron chi connectivity index (χ4n) is 2.20. The number of nitrogens with zero attached hydrogens (tertiary/aromatic N) is 4. The molecule has 0 aliphatic rings. The highest BCUT2D eigenvalue weighted by molar-refractivity contribution is 6.33. The first-order chi connectivity index (χ1) is 10.3. The average molecular weight is 298 g/mol. The van der Waals surface area contributed by atoms with Crippen molar-refractivity contribution < 1.29 is 4.52 Å². The zero-order chi connectivity index (χ0) is 14.2. The first kappa shape index (κ1) is 12.0. The second-order valence-corrected chi connectivity index (χ2v) is 4.87. The molecule has 0 unspecified atom stereocenters. The third-order valence-corrected chi connectivity index (χ3v) is 3.53. The SMILES string of the molecule is Clc1ccccc1-c1onc2ccc(-c3nn[nH]n3)cc12. The maximum absolute atomic E-state index is 6.23. The summed E-state index contributed by atoms with van der Waals surface area (Å²) in [5, 5.41) is 19.5. The predicted molar refractivity (Wildman–Crippen MR) is 77.6 cm³/mol. The molecule has 0 radical (unpaired) electrons. The van der Waals surface area contributed by atoms with Crippen molar-refractivity contribution in [1.29, 1.82) is 0 Å². The van der Waals surface area contributed by atoms with Crippen molar-refractivity contribution in [3.05, 3.63) is 47.5 Å². The molecule has 1 N–H and O–H groups in total. The molecule has 2 aromatic heterocycles. The number of aromatic nitrogens is 5. The Labute approximate surface area is 123 Å². The summed E-state index contributed by atoms with van der Waals surface area (Å²) in [4.78, 5) is 0. The Morgan fingerprint density at radius 1 is 1.10 bits per heavy atom. The van der Waals surface area contributed by atoms with Gasteiger partial charge in [0, 0.05) is 11.1 Å². The van der Waals surface area contributed by atoms with Crippen LogP contribution in [0.25, 0.3) is 33.6 Å². The minimum absolute atomic E-state index is 0.517. The highest BCUT2D eigenvalue weighted by Gasteiger charge is 2.15. The molecule has 0 aliphatic heterocycles. The van der Waals surface area contributed by atoms with Crippen LogP contribution in [0.15, 0.2) is 47.0 Å². The fourth-order valence-corrected chi connectivity index (χ4v) is 2.43. The average Bonchev–Trinajstić information content (AvgIpc) is 3.17. The Morgan fingerprint density at radius 3 is 2.81 bits per heavy atom. The number of benzene rings is 2. The van der Waals surface area contributed by atoms with E-state index in [-0.39, 0.29) is 0 Å². The summed E-state index contributed by atoms with van der Waals surface area (Å²) in [6.45, 7) is 0. The molecular formula is C14H8ClN5O. The number of nitrogens with one attached hydrogen (secondary N) is 1. The summed E-state index contributed by atoms with van der Waals surface area (Å²) in [7, 11) is 0. The van der Waals surface area contributed by atoms with Crippen molar-refractivity contribution >= 4 is 22.5 Å². The van der Waals surface area contributed by atoms with Crippen molar-refractivity contribution in [2.75, 3.05) is 0 Å². The highest BCUT2D eigenvalue weighted by atomic mass is 35.5. The third kappa shape index (κ3) is 1.96. The number of aromatic amines is 1. The van der Waals surface area contributed by atoms with E-state index < -0.39 is 0 Å². The van der Waals surface area contributed by atoms with E-state index in [9.17, 15) is 0 Å². The molecule has 102 valence electrons. The van der Waals surface area contributed by atoms with Gasteiger partial charge in [0.05, 0.1) is 10.4 Å². The van der Waals surface area contributed by atoms with Gasteiger partial charge < -0.3 is 4.52 Å². The van der Waals surface area contributed by atoms with Crippen LogP contribution >= 0.6 is 11.6 Å². The van der Waals surface area contributed by atoms with E-state index in [2.05, 4.69) is 25.8 Å². The van der Waals surface area contributed by atoms with Crippen LogP contribution < -0.4 is 0 Å².